The van der Waals surface area contributed by atoms with E-state index in [-0.39, 0.29) is 0 Å². The highest BCUT2D eigenvalue weighted by Crippen LogP contribution is 2.42. The second-order valence-corrected chi connectivity index (χ2v) is 5.53. The van der Waals surface area contributed by atoms with Gasteiger partial charge in [0.2, 0.25) is 0 Å². The van der Waals surface area contributed by atoms with Gasteiger partial charge in [-0.25, -0.2) is 0 Å². The highest BCUT2D eigenvalue weighted by molar-refractivity contribution is 7.99. The van der Waals surface area contributed by atoms with Gasteiger partial charge in [-0.3, -0.25) is 0 Å². The molecule has 2 rings (SSSR count). The van der Waals surface area contributed by atoms with Gasteiger partial charge in [-0.05, 0) is 36.9 Å². The number of hydrogen-bond donors (Lipinski definition) is 0. The van der Waals surface area contributed by atoms with Gasteiger partial charge in [0.25, 0.3) is 0 Å². The van der Waals surface area contributed by atoms with Gasteiger partial charge in [-0.1, -0.05) is 19.8 Å². The molecule has 0 N–H and O–H groups in total. The Morgan fingerprint density at radius 2 is 2.00 bits per heavy atom. The number of thioether (sulfide) groups is 1. The highest BCUT2D eigenvalue weighted by atomic mass is 32.2. The number of hydrogen-bond acceptors (Lipinski definition) is 1. The summed E-state index contributed by atoms with van der Waals surface area (Å²) in [4.78, 5) is 0. The molecule has 0 radical (unpaired) electrons. The van der Waals surface area contributed by atoms with Crippen molar-refractivity contribution in [1.82, 2.24) is 0 Å². The molecule has 1 heteroatoms. The zero-order valence-electron chi connectivity index (χ0n) is 7.38. The first-order valence-corrected chi connectivity index (χ1v) is 6.03. The van der Waals surface area contributed by atoms with Crippen LogP contribution >= 0.6 is 11.8 Å². The first kappa shape index (κ1) is 7.97. The summed E-state index contributed by atoms with van der Waals surface area (Å²) < 4.78 is 0. The summed E-state index contributed by atoms with van der Waals surface area (Å²) >= 11 is 2.26. The fourth-order valence-electron chi connectivity index (χ4n) is 2.54. The Hall–Kier alpha value is 0.350. The SMILES string of the molecule is C[C@@H]1CS[C@H]2CCCC[C@@H]2C1. The van der Waals surface area contributed by atoms with E-state index in [4.69, 9.17) is 0 Å². The molecular formula is C10H18S. The molecular weight excluding hydrogens is 152 g/mol. The van der Waals surface area contributed by atoms with Crippen LogP contribution in [-0.2, 0) is 0 Å². The maximum atomic E-state index is 2.41. The average molecular weight is 170 g/mol. The molecule has 0 spiro atoms. The molecule has 0 unspecified atom stereocenters. The molecule has 1 aliphatic carbocycles. The van der Waals surface area contributed by atoms with Crippen LogP contribution in [-0.4, -0.2) is 11.0 Å². The van der Waals surface area contributed by atoms with Crippen LogP contribution in [0.1, 0.15) is 39.0 Å². The minimum atomic E-state index is 0.999. The van der Waals surface area contributed by atoms with Gasteiger partial charge in [-0.15, -0.1) is 0 Å². The molecule has 64 valence electrons. The lowest BCUT2D eigenvalue weighted by atomic mass is 9.83. The fraction of sp³-hybridized carbons (Fsp3) is 1.00. The number of fused-ring (bicyclic) bond motifs is 1. The molecule has 1 aliphatic heterocycles. The Bertz CT molecular complexity index is 133. The third-order valence-corrected chi connectivity index (χ3v) is 4.95. The first-order valence-electron chi connectivity index (χ1n) is 4.98. The van der Waals surface area contributed by atoms with Crippen LogP contribution in [0.2, 0.25) is 0 Å². The van der Waals surface area contributed by atoms with Crippen molar-refractivity contribution in [2.75, 3.05) is 5.75 Å². The van der Waals surface area contributed by atoms with Gasteiger partial charge >= 0.3 is 0 Å². The van der Waals surface area contributed by atoms with Crippen LogP contribution in [0.15, 0.2) is 0 Å². The Balaban J connectivity index is 1.93. The van der Waals surface area contributed by atoms with Crippen molar-refractivity contribution in [3.8, 4) is 0 Å². The quantitative estimate of drug-likeness (QED) is 0.537. The maximum absolute atomic E-state index is 2.41. The highest BCUT2D eigenvalue weighted by Gasteiger charge is 2.30. The summed E-state index contributed by atoms with van der Waals surface area (Å²) in [6.07, 6.45) is 7.58. The monoisotopic (exact) mass is 170 g/mol. The normalized spacial score (nSPS) is 45.0. The lowest BCUT2D eigenvalue weighted by molar-refractivity contribution is 0.304. The Labute approximate surface area is 74.1 Å². The summed E-state index contributed by atoms with van der Waals surface area (Å²) in [5, 5.41) is 1.06. The van der Waals surface area contributed by atoms with E-state index in [0.717, 1.165) is 17.1 Å². The zero-order chi connectivity index (χ0) is 7.68. The van der Waals surface area contributed by atoms with Crippen LogP contribution in [0.5, 0.6) is 0 Å². The molecule has 11 heavy (non-hydrogen) atoms. The molecule has 0 bridgehead atoms. The van der Waals surface area contributed by atoms with Crippen LogP contribution < -0.4 is 0 Å². The maximum Gasteiger partial charge on any atom is 0.00755 e. The van der Waals surface area contributed by atoms with Gasteiger partial charge in [-0.2, -0.15) is 11.8 Å². The van der Waals surface area contributed by atoms with E-state index < -0.39 is 0 Å². The Kier molecular flexibility index (Phi) is 2.45. The van der Waals surface area contributed by atoms with Crippen LogP contribution in [0, 0.1) is 11.8 Å². The molecule has 0 aromatic rings. The molecule has 3 atom stereocenters. The average Bonchev–Trinajstić information content (AvgIpc) is 2.04. The van der Waals surface area contributed by atoms with Crippen molar-refractivity contribution in [3.05, 3.63) is 0 Å². The van der Waals surface area contributed by atoms with Gasteiger partial charge in [0.15, 0.2) is 0 Å². The molecule has 2 aliphatic rings. The van der Waals surface area contributed by atoms with Crippen molar-refractivity contribution in [1.29, 1.82) is 0 Å². The van der Waals surface area contributed by atoms with E-state index in [1.54, 1.807) is 0 Å². The lowest BCUT2D eigenvalue weighted by Gasteiger charge is -2.37. The zero-order valence-corrected chi connectivity index (χ0v) is 8.20. The molecule has 2 fully saturated rings. The van der Waals surface area contributed by atoms with Crippen LogP contribution in [0.3, 0.4) is 0 Å². The molecule has 0 nitrogen and oxygen atoms in total. The first-order chi connectivity index (χ1) is 5.36. The third-order valence-electron chi connectivity index (χ3n) is 3.14. The minimum absolute atomic E-state index is 0.999. The van der Waals surface area contributed by atoms with Crippen molar-refractivity contribution >= 4 is 11.8 Å². The summed E-state index contributed by atoms with van der Waals surface area (Å²) in [7, 11) is 0. The van der Waals surface area contributed by atoms with Crippen molar-refractivity contribution in [2.24, 2.45) is 11.8 Å². The third kappa shape index (κ3) is 1.74. The smallest absolute Gasteiger partial charge is 0.00755 e. The second kappa shape index (κ2) is 3.38. The molecule has 1 saturated heterocycles. The minimum Gasteiger partial charge on any atom is -0.158 e. The lowest BCUT2D eigenvalue weighted by Crippen LogP contribution is -2.29. The molecule has 1 heterocycles. The molecule has 0 aromatic carbocycles. The molecule has 1 saturated carbocycles. The summed E-state index contributed by atoms with van der Waals surface area (Å²) in [6, 6.07) is 0. The van der Waals surface area contributed by atoms with Crippen molar-refractivity contribution in [2.45, 2.75) is 44.3 Å². The van der Waals surface area contributed by atoms with E-state index in [1.807, 2.05) is 0 Å². The predicted octanol–water partition coefficient (Wildman–Crippen LogP) is 3.32. The summed E-state index contributed by atoms with van der Waals surface area (Å²) in [5.74, 6) is 3.53. The topological polar surface area (TPSA) is 0 Å². The summed E-state index contributed by atoms with van der Waals surface area (Å²) in [5.41, 5.74) is 0. The van der Waals surface area contributed by atoms with E-state index >= 15 is 0 Å². The van der Waals surface area contributed by atoms with Crippen LogP contribution in [0.4, 0.5) is 0 Å². The van der Waals surface area contributed by atoms with Crippen molar-refractivity contribution in [3.63, 3.8) is 0 Å². The Morgan fingerprint density at radius 1 is 1.18 bits per heavy atom. The van der Waals surface area contributed by atoms with E-state index in [0.29, 0.717) is 0 Å². The van der Waals surface area contributed by atoms with E-state index in [2.05, 4.69) is 18.7 Å². The van der Waals surface area contributed by atoms with E-state index in [9.17, 15) is 0 Å². The van der Waals surface area contributed by atoms with Gasteiger partial charge in [0.05, 0.1) is 0 Å². The van der Waals surface area contributed by atoms with Gasteiger partial charge in [0.1, 0.15) is 0 Å². The van der Waals surface area contributed by atoms with E-state index in [1.165, 1.54) is 37.9 Å². The largest absolute Gasteiger partial charge is 0.158 e. The predicted molar refractivity (Wildman–Crippen MR) is 52.0 cm³/mol. The van der Waals surface area contributed by atoms with Gasteiger partial charge in [0, 0.05) is 5.25 Å². The Morgan fingerprint density at radius 3 is 2.91 bits per heavy atom. The summed E-state index contributed by atoms with van der Waals surface area (Å²) in [6.45, 7) is 2.41. The fourth-order valence-corrected chi connectivity index (χ4v) is 4.10. The van der Waals surface area contributed by atoms with Gasteiger partial charge < -0.3 is 0 Å². The van der Waals surface area contributed by atoms with Crippen molar-refractivity contribution < 1.29 is 0 Å². The number of rotatable bonds is 0. The van der Waals surface area contributed by atoms with Crippen LogP contribution in [0.25, 0.3) is 0 Å². The standard InChI is InChI=1S/C10H18S/c1-8-6-9-4-2-3-5-10(9)11-7-8/h8-10H,2-7H2,1H3/t8-,9+,10-/m0/s1. The molecule has 0 amide bonds. The molecule has 0 aromatic heterocycles. The second-order valence-electron chi connectivity index (χ2n) is 4.26.